The van der Waals surface area contributed by atoms with E-state index in [-0.39, 0.29) is 29.8 Å². The quantitative estimate of drug-likeness (QED) is 0.187. The Bertz CT molecular complexity index is 1010. The van der Waals surface area contributed by atoms with E-state index in [1.807, 2.05) is 33.1 Å². The highest BCUT2D eigenvalue weighted by Crippen LogP contribution is 2.33. The molecule has 1 amide bonds. The van der Waals surface area contributed by atoms with E-state index >= 15 is 0 Å². The lowest BCUT2D eigenvalue weighted by Gasteiger charge is -2.42. The number of piperidine rings is 1. The van der Waals surface area contributed by atoms with Crippen LogP contribution in [0.15, 0.2) is 28.8 Å². The minimum atomic E-state index is -0.0861. The van der Waals surface area contributed by atoms with Gasteiger partial charge >= 0.3 is 0 Å². The number of aryl methyl sites for hydroxylation is 2. The first-order valence-corrected chi connectivity index (χ1v) is 15.5. The molecule has 3 rings (SSSR count). The second-order valence-electron chi connectivity index (χ2n) is 10.8. The van der Waals surface area contributed by atoms with Crippen LogP contribution in [0.2, 0.25) is 0 Å². The number of likely N-dealkylation sites (tertiary alicyclic amines) is 1. The lowest BCUT2D eigenvalue weighted by molar-refractivity contribution is -0.918. The van der Waals surface area contributed by atoms with Gasteiger partial charge in [-0.2, -0.15) is 12.6 Å². The minimum absolute atomic E-state index is 0.0861. The number of rotatable bonds is 9. The van der Waals surface area contributed by atoms with Crippen molar-refractivity contribution < 1.29 is 28.1 Å². The lowest BCUT2D eigenvalue weighted by Crippen LogP contribution is -2.59. The van der Waals surface area contributed by atoms with E-state index in [1.54, 1.807) is 32.6 Å². The summed E-state index contributed by atoms with van der Waals surface area (Å²) in [6.07, 6.45) is 5.16. The van der Waals surface area contributed by atoms with Gasteiger partial charge < -0.3 is 23.8 Å². The average molecular weight is 599 g/mol. The van der Waals surface area contributed by atoms with Crippen molar-refractivity contribution in [3.63, 3.8) is 0 Å². The molecule has 1 aliphatic heterocycles. The second kappa shape index (κ2) is 19.1. The van der Waals surface area contributed by atoms with Gasteiger partial charge in [-0.05, 0) is 36.5 Å². The third kappa shape index (κ3) is 14.0. The van der Waals surface area contributed by atoms with Crippen LogP contribution >= 0.6 is 24.0 Å². The first kappa shape index (κ1) is 37.9. The fourth-order valence-electron chi connectivity index (χ4n) is 4.12. The van der Waals surface area contributed by atoms with Gasteiger partial charge in [-0.15, -0.1) is 11.3 Å². The largest absolute Gasteiger partial charge is 0.496 e. The Labute approximate surface area is 251 Å². The smallest absolute Gasteiger partial charge is 0.279 e. The molecule has 228 valence electrons. The normalized spacial score (nSPS) is 18.0. The molecule has 0 radical (unpaired) electrons. The molecule has 10 heteroatoms. The van der Waals surface area contributed by atoms with E-state index in [1.165, 1.54) is 11.3 Å². The summed E-state index contributed by atoms with van der Waals surface area (Å²) in [7, 11) is 1.57. The topological polar surface area (TPSA) is 90.7 Å². The van der Waals surface area contributed by atoms with Crippen molar-refractivity contribution in [3.8, 4) is 0 Å². The summed E-state index contributed by atoms with van der Waals surface area (Å²) in [4.78, 5) is 25.8. The molecule has 40 heavy (non-hydrogen) atoms. The number of quaternary nitrogens is 1. The number of methoxy groups -OCH3 is 1. The lowest BCUT2D eigenvalue weighted by atomic mass is 9.97. The van der Waals surface area contributed by atoms with Crippen LogP contribution in [0.25, 0.3) is 5.76 Å². The number of carbonyl (C=O) groups excluding carboxylic acids is 2. The third-order valence-corrected chi connectivity index (χ3v) is 7.08. The van der Waals surface area contributed by atoms with Crippen LogP contribution in [-0.4, -0.2) is 73.6 Å². The van der Waals surface area contributed by atoms with Crippen molar-refractivity contribution in [3.05, 3.63) is 40.4 Å². The molecule has 0 aromatic carbocycles. The molecule has 3 heterocycles. The molecule has 0 spiro atoms. The molecule has 0 atom stereocenters. The molecule has 0 unspecified atom stereocenters. The van der Waals surface area contributed by atoms with Crippen LogP contribution in [0.4, 0.5) is 5.69 Å². The van der Waals surface area contributed by atoms with Gasteiger partial charge in [0.25, 0.3) is 5.91 Å². The van der Waals surface area contributed by atoms with Crippen molar-refractivity contribution in [2.45, 2.75) is 74.3 Å². The van der Waals surface area contributed by atoms with E-state index in [2.05, 4.69) is 55.0 Å². The summed E-state index contributed by atoms with van der Waals surface area (Å²) >= 11 is 5.03. The number of anilines is 1. The number of hydrogen-bond acceptors (Lipinski definition) is 8. The molecule has 2 aromatic rings. The number of Topliss-reactive ketones (excluding diaryl/α,β-unsaturated/α-hetero) is 1. The zero-order valence-corrected chi connectivity index (χ0v) is 28.0. The number of aromatic nitrogens is 1. The third-order valence-electron chi connectivity index (χ3n) is 5.95. The Morgan fingerprint density at radius 1 is 1.20 bits per heavy atom. The van der Waals surface area contributed by atoms with Crippen molar-refractivity contribution in [2.24, 2.45) is 5.41 Å². The van der Waals surface area contributed by atoms with E-state index in [0.717, 1.165) is 47.8 Å². The standard InChI is InChI=1S/C23H36N2O4S.C4H5NO.C2H6.CH4S/c1-16-14-30-22(18(3)28-7)21(16)24-20(27)13-25(12-17(2)26)10-8-19(9-11-25)29-15-23(4,5)6;1-4-2-3-6-5-4;2*1-2/h14,19H,3,8-13,15H2,1-2,4-7H3;2-3H,1H3;1-2H3;2H,1H3/p+1. The van der Waals surface area contributed by atoms with Crippen LogP contribution in [0.5, 0.6) is 0 Å². The predicted molar refractivity (Wildman–Crippen MR) is 170 cm³/mol. The fraction of sp³-hybridized carbons (Fsp3) is 0.633. The van der Waals surface area contributed by atoms with Crippen molar-refractivity contribution in [1.82, 2.24) is 5.16 Å². The highest BCUT2D eigenvalue weighted by Gasteiger charge is 2.38. The molecule has 1 saturated heterocycles. The molecular formula is C30H52N3O5S2+. The highest BCUT2D eigenvalue weighted by atomic mass is 32.1. The van der Waals surface area contributed by atoms with E-state index < -0.39 is 0 Å². The SMILES string of the molecule is C=C(OC)c1scc(C)c1NC(=O)C[N+]1(CC(C)=O)CCC(OCC(C)(C)C)CC1.CC.CS.Cc1ccon1. The van der Waals surface area contributed by atoms with Crippen molar-refractivity contribution in [2.75, 3.05) is 51.5 Å². The first-order valence-electron chi connectivity index (χ1n) is 13.7. The molecule has 0 bridgehead atoms. The maximum atomic E-state index is 13.0. The molecule has 0 aliphatic carbocycles. The Morgan fingerprint density at radius 2 is 1.80 bits per heavy atom. The van der Waals surface area contributed by atoms with Gasteiger partial charge in [-0.3, -0.25) is 9.59 Å². The monoisotopic (exact) mass is 598 g/mol. The van der Waals surface area contributed by atoms with Crippen LogP contribution in [0.3, 0.4) is 0 Å². The van der Waals surface area contributed by atoms with Gasteiger partial charge in [0.15, 0.2) is 12.3 Å². The summed E-state index contributed by atoms with van der Waals surface area (Å²) in [6, 6.07) is 1.81. The Kier molecular flexibility index (Phi) is 18.0. The number of nitrogens with one attached hydrogen (secondary N) is 1. The van der Waals surface area contributed by atoms with Gasteiger partial charge in [0.1, 0.15) is 18.6 Å². The Balaban J connectivity index is 0.00000130. The summed E-state index contributed by atoms with van der Waals surface area (Å²) < 4.78 is 16.3. The number of ether oxygens (including phenoxy) is 2. The Hall–Kier alpha value is -2.14. The average Bonchev–Trinajstić information content (AvgIpc) is 3.53. The highest BCUT2D eigenvalue weighted by molar-refractivity contribution is 7.79. The summed E-state index contributed by atoms with van der Waals surface area (Å²) in [5, 5.41) is 8.57. The number of carbonyl (C=O) groups is 2. The molecule has 2 aromatic heterocycles. The van der Waals surface area contributed by atoms with Crippen LogP contribution in [0.1, 0.15) is 70.5 Å². The van der Waals surface area contributed by atoms with Crippen LogP contribution in [-0.2, 0) is 19.1 Å². The molecule has 1 N–H and O–H groups in total. The number of thiol groups is 1. The number of hydrogen-bond donors (Lipinski definition) is 2. The zero-order valence-electron chi connectivity index (χ0n) is 26.3. The van der Waals surface area contributed by atoms with Gasteiger partial charge in [-0.25, -0.2) is 0 Å². The summed E-state index contributed by atoms with van der Waals surface area (Å²) in [5.41, 5.74) is 2.79. The van der Waals surface area contributed by atoms with Crippen LogP contribution < -0.4 is 5.32 Å². The summed E-state index contributed by atoms with van der Waals surface area (Å²) in [5.74, 6) is 0.557. The number of thiophene rings is 1. The maximum Gasteiger partial charge on any atom is 0.279 e. The number of nitrogens with zero attached hydrogens (tertiary/aromatic N) is 2. The fourth-order valence-corrected chi connectivity index (χ4v) is 5.08. The number of ketones is 1. The first-order chi connectivity index (χ1) is 18.8. The van der Waals surface area contributed by atoms with Crippen molar-refractivity contribution >= 4 is 47.1 Å². The van der Waals surface area contributed by atoms with Gasteiger partial charge in [-0.1, -0.05) is 46.4 Å². The predicted octanol–water partition coefficient (Wildman–Crippen LogP) is 6.80. The number of amides is 1. The molecule has 1 aliphatic rings. The second-order valence-corrected chi connectivity index (χ2v) is 11.7. The van der Waals surface area contributed by atoms with Gasteiger partial charge in [0.05, 0.1) is 49.2 Å². The van der Waals surface area contributed by atoms with E-state index in [0.29, 0.717) is 23.4 Å². The van der Waals surface area contributed by atoms with Crippen LogP contribution in [0, 0.1) is 19.3 Å². The molecule has 8 nitrogen and oxygen atoms in total. The zero-order chi connectivity index (χ0) is 30.9. The van der Waals surface area contributed by atoms with Crippen molar-refractivity contribution in [1.29, 1.82) is 0 Å². The molecule has 0 saturated carbocycles. The molecular weight excluding hydrogens is 546 g/mol. The van der Waals surface area contributed by atoms with Gasteiger partial charge in [0.2, 0.25) is 0 Å². The van der Waals surface area contributed by atoms with E-state index in [4.69, 9.17) is 9.47 Å². The van der Waals surface area contributed by atoms with E-state index in [9.17, 15) is 9.59 Å². The Morgan fingerprint density at radius 3 is 2.23 bits per heavy atom. The summed E-state index contributed by atoms with van der Waals surface area (Å²) in [6.45, 7) is 22.7. The maximum absolute atomic E-state index is 13.0. The van der Waals surface area contributed by atoms with Gasteiger partial charge in [0, 0.05) is 25.8 Å². The molecule has 1 fully saturated rings. The minimum Gasteiger partial charge on any atom is -0.496 e.